The Morgan fingerprint density at radius 1 is 1.34 bits per heavy atom. The predicted octanol–water partition coefficient (Wildman–Crippen LogP) is 3.82. The third kappa shape index (κ3) is 3.10. The number of anilines is 1. The second-order valence-corrected chi connectivity index (χ2v) is 7.98. The molecule has 0 saturated carbocycles. The standard InChI is InChI=1S/C21H20ClN3O4/c1-28-20-13(2-3-19(24-20)25-8-11-4-12(9-25)29-10-11)14-5-15-16(21(26)27)7-23-18(15)6-17(14)22/h2-3,5-7,11-12,23H,4,8-10H2,1H3,(H,26,27)/t11-,12+/m1/s1. The van der Waals surface area contributed by atoms with Crippen LogP contribution < -0.4 is 9.64 Å². The zero-order valence-electron chi connectivity index (χ0n) is 15.8. The lowest BCUT2D eigenvalue weighted by Gasteiger charge is -2.31. The summed E-state index contributed by atoms with van der Waals surface area (Å²) in [5.41, 5.74) is 2.27. The van der Waals surface area contributed by atoms with Crippen molar-refractivity contribution in [1.29, 1.82) is 0 Å². The Balaban J connectivity index is 1.56. The number of aromatic nitrogens is 2. The first-order valence-corrected chi connectivity index (χ1v) is 9.87. The monoisotopic (exact) mass is 413 g/mol. The second-order valence-electron chi connectivity index (χ2n) is 7.57. The number of nitrogens with zero attached hydrogens (tertiary/aromatic N) is 2. The van der Waals surface area contributed by atoms with Gasteiger partial charge in [0.1, 0.15) is 5.82 Å². The first kappa shape index (κ1) is 18.3. The number of carbonyl (C=O) groups is 1. The number of carboxylic acid groups (broad SMARTS) is 1. The molecule has 0 aliphatic carbocycles. The molecule has 2 aliphatic rings. The van der Waals surface area contributed by atoms with Crippen LogP contribution in [0.5, 0.6) is 5.88 Å². The smallest absolute Gasteiger partial charge is 0.337 e. The molecule has 2 saturated heterocycles. The van der Waals surface area contributed by atoms with Crippen molar-refractivity contribution in [2.45, 2.75) is 12.5 Å². The Bertz CT molecular complexity index is 1100. The third-order valence-corrected chi connectivity index (χ3v) is 6.03. The van der Waals surface area contributed by atoms with Crippen molar-refractivity contribution < 1.29 is 19.4 Å². The molecule has 3 aromatic rings. The van der Waals surface area contributed by atoms with Gasteiger partial charge in [-0.3, -0.25) is 0 Å². The number of carboxylic acids is 1. The maximum atomic E-state index is 11.5. The summed E-state index contributed by atoms with van der Waals surface area (Å²) in [6, 6.07) is 7.38. The number of benzene rings is 1. The molecule has 0 radical (unpaired) electrons. The molecule has 4 heterocycles. The molecule has 7 nitrogen and oxygen atoms in total. The van der Waals surface area contributed by atoms with Crippen molar-refractivity contribution in [2.24, 2.45) is 5.92 Å². The highest BCUT2D eigenvalue weighted by Crippen LogP contribution is 2.39. The maximum absolute atomic E-state index is 11.5. The van der Waals surface area contributed by atoms with Crippen LogP contribution in [-0.2, 0) is 4.74 Å². The van der Waals surface area contributed by atoms with E-state index in [-0.39, 0.29) is 11.7 Å². The van der Waals surface area contributed by atoms with Gasteiger partial charge in [-0.2, -0.15) is 4.98 Å². The van der Waals surface area contributed by atoms with Crippen molar-refractivity contribution >= 4 is 34.3 Å². The SMILES string of the molecule is COc1nc(N2C[C@@H]3CO[C@@H](C3)C2)ccc1-c1cc2c(C(=O)O)c[nH]c2cc1Cl. The zero-order chi connectivity index (χ0) is 20.1. The summed E-state index contributed by atoms with van der Waals surface area (Å²) < 4.78 is 11.4. The number of H-pyrrole nitrogens is 1. The van der Waals surface area contributed by atoms with Gasteiger partial charge in [-0.05, 0) is 30.7 Å². The van der Waals surface area contributed by atoms with Crippen LogP contribution in [-0.4, -0.2) is 54.0 Å². The summed E-state index contributed by atoms with van der Waals surface area (Å²) in [6.45, 7) is 2.56. The Hall–Kier alpha value is -2.77. The molecule has 1 aromatic carbocycles. The number of aromatic carboxylic acids is 1. The molecule has 2 aliphatic heterocycles. The van der Waals surface area contributed by atoms with E-state index in [1.807, 2.05) is 12.1 Å². The fraction of sp³-hybridized carbons (Fsp3) is 0.333. The summed E-state index contributed by atoms with van der Waals surface area (Å²) in [5.74, 6) is 0.846. The van der Waals surface area contributed by atoms with E-state index < -0.39 is 5.97 Å². The highest BCUT2D eigenvalue weighted by molar-refractivity contribution is 6.34. The first-order valence-electron chi connectivity index (χ1n) is 9.49. The minimum absolute atomic E-state index is 0.199. The number of hydrogen-bond donors (Lipinski definition) is 2. The number of ether oxygens (including phenoxy) is 2. The van der Waals surface area contributed by atoms with Gasteiger partial charge >= 0.3 is 5.97 Å². The molecule has 2 aromatic heterocycles. The Morgan fingerprint density at radius 3 is 2.97 bits per heavy atom. The van der Waals surface area contributed by atoms with Crippen molar-refractivity contribution in [3.63, 3.8) is 0 Å². The predicted molar refractivity (Wildman–Crippen MR) is 110 cm³/mol. The zero-order valence-corrected chi connectivity index (χ0v) is 16.6. The van der Waals surface area contributed by atoms with Crippen molar-refractivity contribution in [3.8, 4) is 17.0 Å². The number of halogens is 1. The molecule has 0 amide bonds. The fourth-order valence-corrected chi connectivity index (χ4v) is 4.61. The summed E-state index contributed by atoms with van der Waals surface area (Å²) in [4.78, 5) is 21.4. The van der Waals surface area contributed by atoms with Crippen LogP contribution >= 0.6 is 11.6 Å². The molecule has 2 fully saturated rings. The first-order chi connectivity index (χ1) is 14.0. The van der Waals surface area contributed by atoms with E-state index in [9.17, 15) is 9.90 Å². The van der Waals surface area contributed by atoms with E-state index in [1.54, 1.807) is 19.2 Å². The molecule has 0 unspecified atom stereocenters. The summed E-state index contributed by atoms with van der Waals surface area (Å²) in [5, 5.41) is 10.5. The van der Waals surface area contributed by atoms with Crippen LogP contribution in [0.4, 0.5) is 5.82 Å². The Morgan fingerprint density at radius 2 is 2.21 bits per heavy atom. The molecule has 2 N–H and O–H groups in total. The third-order valence-electron chi connectivity index (χ3n) is 5.72. The van der Waals surface area contributed by atoms with Crippen LogP contribution in [0.2, 0.25) is 5.02 Å². The normalized spacial score (nSPS) is 21.0. The van der Waals surface area contributed by atoms with Crippen molar-refractivity contribution in [1.82, 2.24) is 9.97 Å². The number of nitrogens with one attached hydrogen (secondary N) is 1. The summed E-state index contributed by atoms with van der Waals surface area (Å²) in [6.07, 6.45) is 2.85. The maximum Gasteiger partial charge on any atom is 0.337 e. The van der Waals surface area contributed by atoms with E-state index in [2.05, 4.69) is 9.88 Å². The van der Waals surface area contributed by atoms with Gasteiger partial charge in [0.2, 0.25) is 5.88 Å². The molecule has 2 bridgehead atoms. The van der Waals surface area contributed by atoms with Gasteiger partial charge in [-0.15, -0.1) is 0 Å². The number of rotatable bonds is 4. The molecule has 5 rings (SSSR count). The van der Waals surface area contributed by atoms with E-state index >= 15 is 0 Å². The van der Waals surface area contributed by atoms with Gasteiger partial charge in [-0.25, -0.2) is 4.79 Å². The molecular formula is C21H20ClN3O4. The molecule has 8 heteroatoms. The van der Waals surface area contributed by atoms with Gasteiger partial charge in [0.15, 0.2) is 0 Å². The minimum atomic E-state index is -0.994. The van der Waals surface area contributed by atoms with Gasteiger partial charge in [0.25, 0.3) is 0 Å². The van der Waals surface area contributed by atoms with Gasteiger partial charge in [0, 0.05) is 47.2 Å². The van der Waals surface area contributed by atoms with Crippen LogP contribution in [0.25, 0.3) is 22.0 Å². The number of hydrogen-bond acceptors (Lipinski definition) is 5. The molecular weight excluding hydrogens is 394 g/mol. The number of methoxy groups -OCH3 is 1. The fourth-order valence-electron chi connectivity index (χ4n) is 4.35. The van der Waals surface area contributed by atoms with Crippen molar-refractivity contribution in [2.75, 3.05) is 31.7 Å². The lowest BCUT2D eigenvalue weighted by Crippen LogP contribution is -2.39. The summed E-state index contributed by atoms with van der Waals surface area (Å²) in [7, 11) is 1.57. The average Bonchev–Trinajstić information content (AvgIpc) is 3.28. The lowest BCUT2D eigenvalue weighted by molar-refractivity contribution is 0.0699. The van der Waals surface area contributed by atoms with E-state index in [0.29, 0.717) is 33.3 Å². The van der Waals surface area contributed by atoms with Gasteiger partial charge in [-0.1, -0.05) is 11.6 Å². The molecule has 29 heavy (non-hydrogen) atoms. The van der Waals surface area contributed by atoms with Crippen LogP contribution in [0.3, 0.4) is 0 Å². The van der Waals surface area contributed by atoms with Crippen LogP contribution in [0.1, 0.15) is 16.8 Å². The quantitative estimate of drug-likeness (QED) is 0.676. The topological polar surface area (TPSA) is 87.7 Å². The van der Waals surface area contributed by atoms with E-state index in [1.165, 1.54) is 6.20 Å². The minimum Gasteiger partial charge on any atom is -0.480 e. The molecule has 0 spiro atoms. The van der Waals surface area contributed by atoms with E-state index in [4.69, 9.17) is 26.1 Å². The highest BCUT2D eigenvalue weighted by Gasteiger charge is 2.34. The average molecular weight is 414 g/mol. The van der Waals surface area contributed by atoms with Gasteiger partial charge < -0.3 is 24.5 Å². The number of piperidine rings is 1. The van der Waals surface area contributed by atoms with Crippen molar-refractivity contribution in [3.05, 3.63) is 41.0 Å². The molecule has 150 valence electrons. The second kappa shape index (κ2) is 6.93. The summed E-state index contributed by atoms with van der Waals surface area (Å²) >= 11 is 6.51. The lowest BCUT2D eigenvalue weighted by atomic mass is 10.00. The number of pyridine rings is 1. The highest BCUT2D eigenvalue weighted by atomic mass is 35.5. The molecule has 2 atom stereocenters. The number of aromatic amines is 1. The van der Waals surface area contributed by atoms with Crippen LogP contribution in [0, 0.1) is 5.92 Å². The van der Waals surface area contributed by atoms with Gasteiger partial charge in [0.05, 0.1) is 30.4 Å². The van der Waals surface area contributed by atoms with E-state index in [0.717, 1.165) is 37.5 Å². The Labute approximate surface area is 172 Å². The number of fused-ring (bicyclic) bond motifs is 3. The largest absolute Gasteiger partial charge is 0.480 e. The Kier molecular flexibility index (Phi) is 4.37. The van der Waals surface area contributed by atoms with Crippen LogP contribution in [0.15, 0.2) is 30.5 Å².